The van der Waals surface area contributed by atoms with E-state index in [2.05, 4.69) is 16.0 Å². The van der Waals surface area contributed by atoms with Gasteiger partial charge in [0.05, 0.1) is 12.5 Å². The molecular weight excluding hydrogens is 426 g/mol. The molecule has 0 saturated heterocycles. The van der Waals surface area contributed by atoms with E-state index in [1.807, 2.05) is 6.26 Å². The molecule has 12 heteroatoms. The number of aliphatic carboxylic acids is 1. The largest absolute Gasteiger partial charge is 0.480 e. The lowest BCUT2D eigenvalue weighted by Gasteiger charge is -2.27. The van der Waals surface area contributed by atoms with Gasteiger partial charge in [0.25, 0.3) is 0 Å². The predicted octanol–water partition coefficient (Wildman–Crippen LogP) is -1.21. The average Bonchev–Trinajstić information content (AvgIpc) is 2.66. The SMILES string of the molecule is CSCCC(NC(=O)C(NC(=O)C(N)C(C)C)C(C)C)C(=O)NC(CC(N)=O)C(=O)O. The van der Waals surface area contributed by atoms with Crippen molar-refractivity contribution < 1.29 is 29.1 Å². The third kappa shape index (κ3) is 10.5. The first-order valence-corrected chi connectivity index (χ1v) is 11.4. The summed E-state index contributed by atoms with van der Waals surface area (Å²) in [6, 6.07) is -4.31. The fourth-order valence-corrected chi connectivity index (χ4v) is 3.00. The summed E-state index contributed by atoms with van der Waals surface area (Å²) in [7, 11) is 0. The molecule has 0 aliphatic rings. The van der Waals surface area contributed by atoms with Crippen LogP contribution in [-0.2, 0) is 24.0 Å². The first-order chi connectivity index (χ1) is 14.3. The molecule has 0 aromatic rings. The minimum atomic E-state index is -1.51. The van der Waals surface area contributed by atoms with Gasteiger partial charge < -0.3 is 32.5 Å². The Balaban J connectivity index is 5.42. The zero-order chi connectivity index (χ0) is 24.3. The molecule has 31 heavy (non-hydrogen) atoms. The average molecular weight is 462 g/mol. The lowest BCUT2D eigenvalue weighted by atomic mass is 10.00. The van der Waals surface area contributed by atoms with E-state index < -0.39 is 60.2 Å². The van der Waals surface area contributed by atoms with E-state index in [-0.39, 0.29) is 18.3 Å². The topological polar surface area (TPSA) is 194 Å². The number of hydrogen-bond donors (Lipinski definition) is 6. The number of carbonyl (C=O) groups excluding carboxylic acids is 4. The smallest absolute Gasteiger partial charge is 0.326 e. The highest BCUT2D eigenvalue weighted by Crippen LogP contribution is 2.08. The first-order valence-electron chi connectivity index (χ1n) is 9.98. The number of carbonyl (C=O) groups is 5. The van der Waals surface area contributed by atoms with E-state index in [9.17, 15) is 29.1 Å². The standard InChI is InChI=1S/C19H35N5O6S/c1-9(2)14(21)17(27)24-15(10(3)4)18(28)22-11(6-7-31-5)16(26)23-12(19(29)30)8-13(20)25/h9-12,14-15H,6-8,21H2,1-5H3,(H2,20,25)(H,22,28)(H,23,26)(H,24,27)(H,29,30). The van der Waals surface area contributed by atoms with E-state index >= 15 is 0 Å². The molecule has 0 aliphatic carbocycles. The van der Waals surface area contributed by atoms with Crippen molar-refractivity contribution in [3.63, 3.8) is 0 Å². The molecule has 0 bridgehead atoms. The molecule has 4 amide bonds. The van der Waals surface area contributed by atoms with Crippen molar-refractivity contribution >= 4 is 41.4 Å². The van der Waals surface area contributed by atoms with Crippen molar-refractivity contribution in [2.75, 3.05) is 12.0 Å². The molecule has 0 radical (unpaired) electrons. The third-order valence-corrected chi connectivity index (χ3v) is 5.18. The maximum absolute atomic E-state index is 12.8. The second kappa shape index (κ2) is 13.9. The second-order valence-electron chi connectivity index (χ2n) is 7.91. The van der Waals surface area contributed by atoms with E-state index in [1.165, 1.54) is 11.8 Å². The summed E-state index contributed by atoms with van der Waals surface area (Å²) in [4.78, 5) is 60.2. The highest BCUT2D eigenvalue weighted by Gasteiger charge is 2.32. The Hall–Kier alpha value is -2.34. The van der Waals surface area contributed by atoms with Crippen LogP contribution in [0.4, 0.5) is 0 Å². The number of amides is 4. The van der Waals surface area contributed by atoms with Gasteiger partial charge in [-0.25, -0.2) is 4.79 Å². The quantitative estimate of drug-likeness (QED) is 0.185. The van der Waals surface area contributed by atoms with Crippen LogP contribution in [0, 0.1) is 11.8 Å². The van der Waals surface area contributed by atoms with Crippen LogP contribution in [0.3, 0.4) is 0 Å². The van der Waals surface area contributed by atoms with Crippen molar-refractivity contribution in [2.24, 2.45) is 23.3 Å². The summed E-state index contributed by atoms with van der Waals surface area (Å²) in [5, 5.41) is 16.6. The summed E-state index contributed by atoms with van der Waals surface area (Å²) in [6.07, 6.45) is 1.45. The molecule has 4 atom stereocenters. The number of carboxylic acid groups (broad SMARTS) is 1. The molecular formula is C19H35N5O6S. The summed E-state index contributed by atoms with van der Waals surface area (Å²) in [6.45, 7) is 7.02. The van der Waals surface area contributed by atoms with E-state index in [0.717, 1.165) is 0 Å². The van der Waals surface area contributed by atoms with Gasteiger partial charge in [-0.3, -0.25) is 19.2 Å². The van der Waals surface area contributed by atoms with Gasteiger partial charge >= 0.3 is 5.97 Å². The highest BCUT2D eigenvalue weighted by molar-refractivity contribution is 7.98. The Kier molecular flexibility index (Phi) is 12.8. The lowest BCUT2D eigenvalue weighted by molar-refractivity contribution is -0.143. The molecule has 0 heterocycles. The summed E-state index contributed by atoms with van der Waals surface area (Å²) in [5.41, 5.74) is 10.9. The number of hydrogen-bond acceptors (Lipinski definition) is 7. The zero-order valence-electron chi connectivity index (χ0n) is 18.6. The molecule has 0 rings (SSSR count). The summed E-state index contributed by atoms with van der Waals surface area (Å²) in [5.74, 6) is -4.07. The zero-order valence-corrected chi connectivity index (χ0v) is 19.5. The summed E-state index contributed by atoms with van der Waals surface area (Å²) < 4.78 is 0. The Labute approximate surface area is 186 Å². The summed E-state index contributed by atoms with van der Waals surface area (Å²) >= 11 is 1.43. The number of nitrogens with one attached hydrogen (secondary N) is 3. The van der Waals surface area contributed by atoms with Crippen LogP contribution in [0.25, 0.3) is 0 Å². The molecule has 0 saturated carbocycles. The van der Waals surface area contributed by atoms with Crippen molar-refractivity contribution in [3.8, 4) is 0 Å². The number of carboxylic acids is 1. The highest BCUT2D eigenvalue weighted by atomic mass is 32.2. The van der Waals surface area contributed by atoms with Gasteiger partial charge in [-0.1, -0.05) is 27.7 Å². The third-order valence-electron chi connectivity index (χ3n) is 4.53. The fraction of sp³-hybridized carbons (Fsp3) is 0.737. The molecule has 0 spiro atoms. The van der Waals surface area contributed by atoms with Crippen molar-refractivity contribution in [3.05, 3.63) is 0 Å². The van der Waals surface area contributed by atoms with E-state index in [0.29, 0.717) is 5.75 Å². The van der Waals surface area contributed by atoms with Gasteiger partial charge in [-0.2, -0.15) is 11.8 Å². The molecule has 0 aromatic heterocycles. The van der Waals surface area contributed by atoms with Crippen LogP contribution >= 0.6 is 11.8 Å². The van der Waals surface area contributed by atoms with Crippen LogP contribution in [0.5, 0.6) is 0 Å². The van der Waals surface area contributed by atoms with Crippen LogP contribution in [0.2, 0.25) is 0 Å². The van der Waals surface area contributed by atoms with Crippen molar-refractivity contribution in [1.82, 2.24) is 16.0 Å². The molecule has 4 unspecified atom stereocenters. The number of thioether (sulfide) groups is 1. The van der Waals surface area contributed by atoms with Gasteiger partial charge in [-0.05, 0) is 30.3 Å². The van der Waals surface area contributed by atoms with Crippen LogP contribution < -0.4 is 27.4 Å². The Morgan fingerprint density at radius 3 is 1.84 bits per heavy atom. The normalized spacial score (nSPS) is 15.0. The van der Waals surface area contributed by atoms with Gasteiger partial charge in [0.15, 0.2) is 0 Å². The molecule has 11 nitrogen and oxygen atoms in total. The Bertz CT molecular complexity index is 658. The molecule has 8 N–H and O–H groups in total. The fourth-order valence-electron chi connectivity index (χ4n) is 2.53. The Morgan fingerprint density at radius 2 is 1.42 bits per heavy atom. The Morgan fingerprint density at radius 1 is 0.871 bits per heavy atom. The van der Waals surface area contributed by atoms with Crippen LogP contribution in [0.1, 0.15) is 40.5 Å². The minimum Gasteiger partial charge on any atom is -0.480 e. The molecule has 0 aromatic carbocycles. The van der Waals surface area contributed by atoms with E-state index in [1.54, 1.807) is 27.7 Å². The number of primary amides is 1. The van der Waals surface area contributed by atoms with E-state index in [4.69, 9.17) is 11.5 Å². The number of rotatable bonds is 14. The van der Waals surface area contributed by atoms with Gasteiger partial charge in [0.1, 0.15) is 18.1 Å². The molecule has 0 aliphatic heterocycles. The van der Waals surface area contributed by atoms with Gasteiger partial charge in [0, 0.05) is 0 Å². The minimum absolute atomic E-state index is 0.130. The van der Waals surface area contributed by atoms with Gasteiger partial charge in [0.2, 0.25) is 23.6 Å². The van der Waals surface area contributed by atoms with Crippen LogP contribution in [0.15, 0.2) is 0 Å². The van der Waals surface area contributed by atoms with Crippen LogP contribution in [-0.4, -0.2) is 70.9 Å². The maximum atomic E-state index is 12.8. The second-order valence-corrected chi connectivity index (χ2v) is 8.90. The first kappa shape index (κ1) is 28.7. The molecule has 178 valence electrons. The predicted molar refractivity (Wildman–Crippen MR) is 118 cm³/mol. The maximum Gasteiger partial charge on any atom is 0.326 e. The lowest BCUT2D eigenvalue weighted by Crippen LogP contribution is -2.59. The molecule has 0 fully saturated rings. The van der Waals surface area contributed by atoms with Gasteiger partial charge in [-0.15, -0.1) is 0 Å². The monoisotopic (exact) mass is 461 g/mol. The van der Waals surface area contributed by atoms with Crippen molar-refractivity contribution in [1.29, 1.82) is 0 Å². The number of nitrogens with two attached hydrogens (primary N) is 2. The van der Waals surface area contributed by atoms with Crippen molar-refractivity contribution in [2.45, 2.75) is 64.7 Å².